The molecule has 1 unspecified atom stereocenters. The number of amides is 2. The van der Waals surface area contributed by atoms with Crippen molar-refractivity contribution in [2.75, 3.05) is 0 Å². The van der Waals surface area contributed by atoms with Crippen LogP contribution in [0.4, 0.5) is 0 Å². The van der Waals surface area contributed by atoms with Crippen molar-refractivity contribution in [3.05, 3.63) is 60.0 Å². The normalized spacial score (nSPS) is 14.3. The Labute approximate surface area is 228 Å². The van der Waals surface area contributed by atoms with Crippen LogP contribution in [0, 0.1) is 17.8 Å². The number of allylic oxidation sites excluding steroid dienone is 4. The molecule has 3 atom stereocenters. The van der Waals surface area contributed by atoms with Crippen LogP contribution in [0.25, 0.3) is 5.57 Å². The number of pyridine rings is 1. The predicted molar refractivity (Wildman–Crippen MR) is 154 cm³/mol. The van der Waals surface area contributed by atoms with Crippen molar-refractivity contribution in [3.8, 4) is 0 Å². The fraction of sp³-hybridized carbons (Fsp3) is 0.548. The third-order valence-electron chi connectivity index (χ3n) is 6.82. The molecule has 7 heteroatoms. The van der Waals surface area contributed by atoms with E-state index in [1.807, 2.05) is 19.9 Å². The Morgan fingerprint density at radius 3 is 2.34 bits per heavy atom. The van der Waals surface area contributed by atoms with E-state index >= 15 is 0 Å². The molecule has 0 fully saturated rings. The highest BCUT2D eigenvalue weighted by molar-refractivity contribution is 5.82. The van der Waals surface area contributed by atoms with Crippen molar-refractivity contribution < 1.29 is 19.5 Å². The molecule has 0 saturated carbocycles. The van der Waals surface area contributed by atoms with Gasteiger partial charge in [-0.2, -0.15) is 0 Å². The predicted octanol–water partition coefficient (Wildman–Crippen LogP) is 6.37. The number of carboxylic acid groups (broad SMARTS) is 1. The van der Waals surface area contributed by atoms with Gasteiger partial charge in [-0.05, 0) is 74.1 Å². The van der Waals surface area contributed by atoms with Gasteiger partial charge in [0, 0.05) is 30.3 Å². The van der Waals surface area contributed by atoms with Gasteiger partial charge in [-0.25, -0.2) is 0 Å². The van der Waals surface area contributed by atoms with Crippen molar-refractivity contribution in [2.24, 2.45) is 23.5 Å². The number of aromatic nitrogens is 1. The summed E-state index contributed by atoms with van der Waals surface area (Å²) in [5.74, 6) is -1.10. The number of rotatable bonds is 18. The van der Waals surface area contributed by atoms with Crippen LogP contribution < -0.4 is 11.1 Å². The van der Waals surface area contributed by atoms with Gasteiger partial charge in [0.05, 0.1) is 12.5 Å². The fourth-order valence-electron chi connectivity index (χ4n) is 4.96. The minimum atomic E-state index is -1.01. The molecular formula is C31H47N3O4. The van der Waals surface area contributed by atoms with Crippen molar-refractivity contribution in [1.82, 2.24) is 10.3 Å². The molecule has 0 aliphatic carbocycles. The van der Waals surface area contributed by atoms with Gasteiger partial charge in [0.2, 0.25) is 11.8 Å². The summed E-state index contributed by atoms with van der Waals surface area (Å²) >= 11 is 0. The van der Waals surface area contributed by atoms with Crippen LogP contribution in [0.5, 0.6) is 0 Å². The van der Waals surface area contributed by atoms with E-state index < -0.39 is 12.0 Å². The minimum Gasteiger partial charge on any atom is -0.481 e. The van der Waals surface area contributed by atoms with Crippen LogP contribution in [0.3, 0.4) is 0 Å². The van der Waals surface area contributed by atoms with Crippen LogP contribution >= 0.6 is 0 Å². The molecule has 0 aromatic carbocycles. The third kappa shape index (κ3) is 11.4. The zero-order valence-corrected chi connectivity index (χ0v) is 23.9. The van der Waals surface area contributed by atoms with Crippen LogP contribution in [0.15, 0.2) is 48.8 Å². The first-order valence-corrected chi connectivity index (χ1v) is 13.6. The Balaban J connectivity index is 3.22. The maximum atomic E-state index is 13.5. The Morgan fingerprint density at radius 2 is 1.82 bits per heavy atom. The van der Waals surface area contributed by atoms with E-state index in [-0.39, 0.29) is 24.2 Å². The molecule has 1 rings (SSSR count). The SMILES string of the molecule is C=C/C(C)=C(\C(=C)C)c1cncc([C@H](CC(=O)O)NC(=O)[C@H](CCC(CCC)CCC(N)=O)CC(C)C)c1. The number of hydrogen-bond donors (Lipinski definition) is 3. The summed E-state index contributed by atoms with van der Waals surface area (Å²) in [7, 11) is 0. The molecule has 0 radical (unpaired) electrons. The minimum absolute atomic E-state index is 0.154. The van der Waals surface area contributed by atoms with Gasteiger partial charge < -0.3 is 16.2 Å². The standard InChI is InChI=1S/C31H47N3O4/c1-8-10-23(12-14-28(32)35)11-13-24(15-20(3)4)31(38)34-27(17-29(36)37)25-16-26(19-33-18-25)30(21(5)6)22(7)9-2/h9,16,18-20,23-24,27H,2,5,8,10-15,17H2,1,3-4,6-7H3,(H2,32,35)(H,34,38)(H,36,37)/b30-22+/t23?,24-,27+/m1/s1. The van der Waals surface area contributed by atoms with E-state index in [4.69, 9.17) is 5.73 Å². The van der Waals surface area contributed by atoms with Gasteiger partial charge in [0.1, 0.15) is 0 Å². The summed E-state index contributed by atoms with van der Waals surface area (Å²) in [5.41, 5.74) is 9.46. The van der Waals surface area contributed by atoms with E-state index in [9.17, 15) is 19.5 Å². The molecule has 7 nitrogen and oxygen atoms in total. The molecule has 38 heavy (non-hydrogen) atoms. The maximum Gasteiger partial charge on any atom is 0.305 e. The Bertz CT molecular complexity index is 1010. The molecule has 1 heterocycles. The highest BCUT2D eigenvalue weighted by atomic mass is 16.4. The maximum absolute atomic E-state index is 13.5. The number of nitrogens with zero attached hydrogens (tertiary/aromatic N) is 1. The van der Waals surface area contributed by atoms with Gasteiger partial charge in [-0.15, -0.1) is 0 Å². The molecule has 0 spiro atoms. The van der Waals surface area contributed by atoms with E-state index in [1.54, 1.807) is 18.5 Å². The van der Waals surface area contributed by atoms with Gasteiger partial charge in [-0.1, -0.05) is 58.4 Å². The summed E-state index contributed by atoms with van der Waals surface area (Å²) in [4.78, 5) is 40.9. The van der Waals surface area contributed by atoms with Gasteiger partial charge in [0.15, 0.2) is 0 Å². The van der Waals surface area contributed by atoms with Crippen LogP contribution in [-0.2, 0) is 14.4 Å². The molecule has 1 aromatic rings. The quantitative estimate of drug-likeness (QED) is 0.192. The average Bonchev–Trinajstić information content (AvgIpc) is 2.83. The number of primary amides is 1. The van der Waals surface area contributed by atoms with Crippen molar-refractivity contribution in [3.63, 3.8) is 0 Å². The second-order valence-electron chi connectivity index (χ2n) is 10.8. The summed E-state index contributed by atoms with van der Waals surface area (Å²) in [6, 6.07) is 1.15. The number of aliphatic carboxylic acids is 1. The molecule has 0 bridgehead atoms. The zero-order valence-electron chi connectivity index (χ0n) is 23.9. The molecule has 0 aliphatic heterocycles. The zero-order chi connectivity index (χ0) is 28.8. The highest BCUT2D eigenvalue weighted by Crippen LogP contribution is 2.30. The average molecular weight is 526 g/mol. The monoisotopic (exact) mass is 525 g/mol. The van der Waals surface area contributed by atoms with Gasteiger partial charge in [0.25, 0.3) is 0 Å². The summed E-state index contributed by atoms with van der Waals surface area (Å²) < 4.78 is 0. The van der Waals surface area contributed by atoms with Crippen LogP contribution in [0.1, 0.15) is 103 Å². The number of carboxylic acids is 1. The first-order valence-electron chi connectivity index (χ1n) is 13.6. The van der Waals surface area contributed by atoms with E-state index in [2.05, 4.69) is 44.2 Å². The van der Waals surface area contributed by atoms with Gasteiger partial charge >= 0.3 is 5.97 Å². The molecule has 0 saturated heterocycles. The number of hydrogen-bond acceptors (Lipinski definition) is 4. The number of nitrogens with one attached hydrogen (secondary N) is 1. The summed E-state index contributed by atoms with van der Waals surface area (Å²) in [5, 5.41) is 12.7. The van der Waals surface area contributed by atoms with Gasteiger partial charge in [-0.3, -0.25) is 19.4 Å². The largest absolute Gasteiger partial charge is 0.481 e. The number of carbonyl (C=O) groups excluding carboxylic acids is 2. The molecule has 4 N–H and O–H groups in total. The summed E-state index contributed by atoms with van der Waals surface area (Å²) in [6.45, 7) is 18.0. The second kappa shape index (κ2) is 16.6. The highest BCUT2D eigenvalue weighted by Gasteiger charge is 2.26. The summed E-state index contributed by atoms with van der Waals surface area (Å²) in [6.07, 6.45) is 10.0. The van der Waals surface area contributed by atoms with Crippen LogP contribution in [-0.4, -0.2) is 27.9 Å². The van der Waals surface area contributed by atoms with E-state index in [0.29, 0.717) is 36.7 Å². The van der Waals surface area contributed by atoms with Crippen LogP contribution in [0.2, 0.25) is 0 Å². The number of nitrogens with two attached hydrogens (primary N) is 1. The molecule has 1 aromatic heterocycles. The lowest BCUT2D eigenvalue weighted by Crippen LogP contribution is -2.36. The first-order chi connectivity index (χ1) is 17.9. The van der Waals surface area contributed by atoms with Crippen molar-refractivity contribution >= 4 is 23.4 Å². The fourth-order valence-corrected chi connectivity index (χ4v) is 4.96. The van der Waals surface area contributed by atoms with Crippen molar-refractivity contribution in [1.29, 1.82) is 0 Å². The lowest BCUT2D eigenvalue weighted by Gasteiger charge is -2.25. The Morgan fingerprint density at radius 1 is 1.13 bits per heavy atom. The second-order valence-corrected chi connectivity index (χ2v) is 10.8. The third-order valence-corrected chi connectivity index (χ3v) is 6.82. The molecule has 2 amide bonds. The Kier molecular flexibility index (Phi) is 14.3. The van der Waals surface area contributed by atoms with E-state index in [1.165, 1.54) is 0 Å². The lowest BCUT2D eigenvalue weighted by molar-refractivity contribution is -0.138. The lowest BCUT2D eigenvalue weighted by atomic mass is 9.85. The molecule has 210 valence electrons. The topological polar surface area (TPSA) is 122 Å². The first kappa shape index (κ1) is 32.8. The number of carbonyl (C=O) groups is 3. The smallest absolute Gasteiger partial charge is 0.305 e. The molecular weight excluding hydrogens is 478 g/mol. The van der Waals surface area contributed by atoms with Crippen molar-refractivity contribution in [2.45, 2.75) is 92.0 Å². The molecule has 0 aliphatic rings. The Hall–Kier alpha value is -3.22. The van der Waals surface area contributed by atoms with E-state index in [0.717, 1.165) is 48.0 Å².